The molecule has 0 radical (unpaired) electrons. The van der Waals surface area contributed by atoms with Gasteiger partial charge in [0.05, 0.1) is 12.7 Å². The maximum atomic E-state index is 12.0. The summed E-state index contributed by atoms with van der Waals surface area (Å²) in [6.07, 6.45) is -4.44. The van der Waals surface area contributed by atoms with Crippen molar-refractivity contribution in [1.82, 2.24) is 0 Å². The van der Waals surface area contributed by atoms with Crippen LogP contribution in [0, 0.1) is 6.92 Å². The van der Waals surface area contributed by atoms with Gasteiger partial charge in [-0.05, 0) is 24.6 Å². The van der Waals surface area contributed by atoms with Gasteiger partial charge in [0.1, 0.15) is 5.75 Å². The van der Waals surface area contributed by atoms with E-state index in [0.29, 0.717) is 5.56 Å². The number of nitrogen functional groups attached to an aromatic ring is 1. The minimum absolute atomic E-state index is 0.0188. The molecule has 4 nitrogen and oxygen atoms in total. The maximum absolute atomic E-state index is 12.0. The lowest BCUT2D eigenvalue weighted by Crippen LogP contribution is -2.19. The second kappa shape index (κ2) is 5.16. The van der Waals surface area contributed by atoms with E-state index < -0.39 is 18.8 Å². The molecule has 0 amide bonds. The first-order valence-corrected chi connectivity index (χ1v) is 4.92. The molecule has 18 heavy (non-hydrogen) atoms. The highest BCUT2D eigenvalue weighted by molar-refractivity contribution is 5.96. The van der Waals surface area contributed by atoms with Crippen LogP contribution in [-0.2, 0) is 4.74 Å². The molecule has 100 valence electrons. The highest BCUT2D eigenvalue weighted by Crippen LogP contribution is 2.26. The highest BCUT2D eigenvalue weighted by Gasteiger charge is 2.28. The fourth-order valence-corrected chi connectivity index (χ4v) is 1.29. The Balaban J connectivity index is 3.01. The molecule has 1 rings (SSSR count). The smallest absolute Gasteiger partial charge is 0.422 e. The molecule has 0 bridgehead atoms. The third-order valence-electron chi connectivity index (χ3n) is 2.17. The molecule has 0 aliphatic carbocycles. The van der Waals surface area contributed by atoms with Gasteiger partial charge in [-0.3, -0.25) is 0 Å². The Hall–Kier alpha value is -1.92. The summed E-state index contributed by atoms with van der Waals surface area (Å²) in [5.41, 5.74) is 6.21. The van der Waals surface area contributed by atoms with Crippen LogP contribution in [0.4, 0.5) is 18.9 Å². The molecule has 0 heterocycles. The van der Waals surface area contributed by atoms with Crippen molar-refractivity contribution in [3.8, 4) is 5.75 Å². The molecule has 0 unspecified atom stereocenters. The third-order valence-corrected chi connectivity index (χ3v) is 2.17. The van der Waals surface area contributed by atoms with Crippen LogP contribution in [0.5, 0.6) is 5.75 Å². The number of hydrogen-bond donors (Lipinski definition) is 1. The van der Waals surface area contributed by atoms with E-state index in [1.54, 1.807) is 6.92 Å². The SMILES string of the molecule is COC(=O)c1cc(OCC(F)(F)F)cc(C)c1N. The van der Waals surface area contributed by atoms with Crippen molar-refractivity contribution in [2.75, 3.05) is 19.5 Å². The largest absolute Gasteiger partial charge is 0.484 e. The number of hydrogen-bond acceptors (Lipinski definition) is 4. The Morgan fingerprint density at radius 1 is 1.39 bits per heavy atom. The van der Waals surface area contributed by atoms with Gasteiger partial charge in [-0.25, -0.2) is 4.79 Å². The number of alkyl halides is 3. The van der Waals surface area contributed by atoms with Gasteiger partial charge in [-0.1, -0.05) is 0 Å². The van der Waals surface area contributed by atoms with Crippen LogP contribution in [0.1, 0.15) is 15.9 Å². The van der Waals surface area contributed by atoms with Crippen LogP contribution >= 0.6 is 0 Å². The lowest BCUT2D eigenvalue weighted by molar-refractivity contribution is -0.153. The van der Waals surface area contributed by atoms with E-state index in [9.17, 15) is 18.0 Å². The fourth-order valence-electron chi connectivity index (χ4n) is 1.29. The van der Waals surface area contributed by atoms with Crippen LogP contribution in [0.25, 0.3) is 0 Å². The number of esters is 1. The number of rotatable bonds is 3. The molecule has 0 saturated heterocycles. The molecule has 1 aromatic rings. The molecular weight excluding hydrogens is 251 g/mol. The maximum Gasteiger partial charge on any atom is 0.422 e. The van der Waals surface area contributed by atoms with Crippen LogP contribution in [-0.4, -0.2) is 25.9 Å². The van der Waals surface area contributed by atoms with E-state index in [1.807, 2.05) is 0 Å². The minimum Gasteiger partial charge on any atom is -0.484 e. The summed E-state index contributed by atoms with van der Waals surface area (Å²) in [6, 6.07) is 2.45. The topological polar surface area (TPSA) is 61.5 Å². The Kier molecular flexibility index (Phi) is 4.05. The van der Waals surface area contributed by atoms with Gasteiger partial charge >= 0.3 is 12.1 Å². The number of nitrogens with two attached hydrogens (primary N) is 1. The van der Waals surface area contributed by atoms with Crippen molar-refractivity contribution < 1.29 is 27.4 Å². The summed E-state index contributed by atoms with van der Waals surface area (Å²) >= 11 is 0. The molecule has 0 saturated carbocycles. The lowest BCUT2D eigenvalue weighted by Gasteiger charge is -2.13. The molecule has 0 aliphatic heterocycles. The van der Waals surface area contributed by atoms with E-state index in [1.165, 1.54) is 6.07 Å². The van der Waals surface area contributed by atoms with E-state index in [2.05, 4.69) is 9.47 Å². The zero-order valence-electron chi connectivity index (χ0n) is 9.80. The van der Waals surface area contributed by atoms with Gasteiger partial charge < -0.3 is 15.2 Å². The first-order chi connectivity index (χ1) is 8.24. The predicted molar refractivity (Wildman–Crippen MR) is 58.5 cm³/mol. The Bertz CT molecular complexity index is 458. The van der Waals surface area contributed by atoms with Crippen molar-refractivity contribution in [2.24, 2.45) is 0 Å². The second-order valence-corrected chi connectivity index (χ2v) is 3.60. The molecule has 0 fully saturated rings. The van der Waals surface area contributed by atoms with Crippen molar-refractivity contribution >= 4 is 11.7 Å². The normalized spacial score (nSPS) is 11.2. The predicted octanol–water partition coefficient (Wildman–Crippen LogP) is 2.30. The third kappa shape index (κ3) is 3.54. The minimum atomic E-state index is -4.44. The monoisotopic (exact) mass is 263 g/mol. The summed E-state index contributed by atoms with van der Waals surface area (Å²) in [5, 5.41) is 0. The first kappa shape index (κ1) is 14.1. The summed E-state index contributed by atoms with van der Waals surface area (Å²) in [7, 11) is 1.15. The summed E-state index contributed by atoms with van der Waals surface area (Å²) in [6.45, 7) is 0.124. The molecule has 0 aromatic heterocycles. The molecular formula is C11H12F3NO3. The lowest BCUT2D eigenvalue weighted by atomic mass is 10.1. The molecule has 2 N–H and O–H groups in total. The number of carbonyl (C=O) groups excluding carboxylic acids is 1. The number of halogens is 3. The molecule has 7 heteroatoms. The van der Waals surface area contributed by atoms with Gasteiger partial charge in [0, 0.05) is 5.69 Å². The number of aryl methyl sites for hydroxylation is 1. The second-order valence-electron chi connectivity index (χ2n) is 3.60. The zero-order chi connectivity index (χ0) is 13.9. The summed E-state index contributed by atoms with van der Waals surface area (Å²) in [4.78, 5) is 11.4. The van der Waals surface area contributed by atoms with E-state index >= 15 is 0 Å². The van der Waals surface area contributed by atoms with Gasteiger partial charge in [0.15, 0.2) is 6.61 Å². The number of methoxy groups -OCH3 is 1. The van der Waals surface area contributed by atoms with Crippen molar-refractivity contribution in [3.05, 3.63) is 23.3 Å². The van der Waals surface area contributed by atoms with Gasteiger partial charge in [-0.2, -0.15) is 13.2 Å². The Morgan fingerprint density at radius 3 is 2.50 bits per heavy atom. The van der Waals surface area contributed by atoms with Crippen molar-refractivity contribution in [1.29, 1.82) is 0 Å². The quantitative estimate of drug-likeness (QED) is 0.671. The fraction of sp³-hybridized carbons (Fsp3) is 0.364. The van der Waals surface area contributed by atoms with E-state index in [0.717, 1.165) is 13.2 Å². The summed E-state index contributed by atoms with van der Waals surface area (Å²) < 4.78 is 45.0. The molecule has 0 spiro atoms. The number of anilines is 1. The van der Waals surface area contributed by atoms with E-state index in [4.69, 9.17) is 5.73 Å². The average molecular weight is 263 g/mol. The molecule has 0 atom stereocenters. The average Bonchev–Trinajstić information content (AvgIpc) is 2.28. The van der Waals surface area contributed by atoms with Crippen LogP contribution in [0.3, 0.4) is 0 Å². The van der Waals surface area contributed by atoms with Gasteiger partial charge in [-0.15, -0.1) is 0 Å². The van der Waals surface area contributed by atoms with E-state index in [-0.39, 0.29) is 17.0 Å². The van der Waals surface area contributed by atoms with Crippen molar-refractivity contribution in [2.45, 2.75) is 13.1 Å². The Morgan fingerprint density at radius 2 is 2.00 bits per heavy atom. The Labute approximate surface area is 101 Å². The number of carbonyl (C=O) groups is 1. The van der Waals surface area contributed by atoms with Crippen LogP contribution < -0.4 is 10.5 Å². The van der Waals surface area contributed by atoms with Gasteiger partial charge in [0.25, 0.3) is 0 Å². The standard InChI is InChI=1S/C11H12F3NO3/c1-6-3-7(18-5-11(12,13)14)4-8(9(6)15)10(16)17-2/h3-4H,5,15H2,1-2H3. The molecule has 1 aromatic carbocycles. The number of ether oxygens (including phenoxy) is 2. The van der Waals surface area contributed by atoms with Crippen molar-refractivity contribution in [3.63, 3.8) is 0 Å². The number of benzene rings is 1. The van der Waals surface area contributed by atoms with Crippen LogP contribution in [0.15, 0.2) is 12.1 Å². The van der Waals surface area contributed by atoms with Gasteiger partial charge in [0.2, 0.25) is 0 Å². The summed E-state index contributed by atoms with van der Waals surface area (Å²) in [5.74, 6) is -0.813. The zero-order valence-corrected chi connectivity index (χ0v) is 9.80. The highest BCUT2D eigenvalue weighted by atomic mass is 19.4. The van der Waals surface area contributed by atoms with Crippen LogP contribution in [0.2, 0.25) is 0 Å². The first-order valence-electron chi connectivity index (χ1n) is 4.92. The molecule has 0 aliphatic rings.